The molecule has 0 aromatic carbocycles. The van der Waals surface area contributed by atoms with Gasteiger partial charge in [0.15, 0.2) is 0 Å². The zero-order valence-electron chi connectivity index (χ0n) is 13.7. The fraction of sp³-hybridized carbons (Fsp3) is 0.438. The van der Waals surface area contributed by atoms with Crippen LogP contribution in [0.15, 0.2) is 30.9 Å². The van der Waals surface area contributed by atoms with Crippen LogP contribution in [0.25, 0.3) is 11.0 Å². The number of rotatable bonds is 3. The van der Waals surface area contributed by atoms with E-state index < -0.39 is 7.05 Å². The van der Waals surface area contributed by atoms with E-state index in [1.54, 1.807) is 19.2 Å². The molecular weight excluding hydrogens is 305 g/mol. The van der Waals surface area contributed by atoms with Crippen molar-refractivity contribution in [2.75, 3.05) is 31.2 Å². The molecule has 4 heterocycles. The van der Waals surface area contributed by atoms with E-state index in [0.717, 1.165) is 41.9 Å². The lowest BCUT2D eigenvalue weighted by molar-refractivity contribution is 0.122. The largest absolute Gasteiger partial charge is 0.432 e. The van der Waals surface area contributed by atoms with Gasteiger partial charge in [-0.05, 0) is 19.4 Å². The van der Waals surface area contributed by atoms with E-state index in [4.69, 9.17) is 9.72 Å². The summed E-state index contributed by atoms with van der Waals surface area (Å²) < 4.78 is 5.41. The first-order valence-electron chi connectivity index (χ1n) is 8.29. The lowest BCUT2D eigenvalue weighted by atomic mass is 9.83. The third-order valence-electron chi connectivity index (χ3n) is 4.59. The van der Waals surface area contributed by atoms with Crippen molar-refractivity contribution in [2.45, 2.75) is 19.3 Å². The molecule has 0 aliphatic carbocycles. The first kappa shape index (κ1) is 15.3. The van der Waals surface area contributed by atoms with Crippen LogP contribution >= 0.6 is 0 Å². The Hall–Kier alpha value is -2.19. The molecule has 124 valence electrons. The minimum absolute atomic E-state index is 0.0374. The summed E-state index contributed by atoms with van der Waals surface area (Å²) in [5.74, 6) is 0.868. The van der Waals surface area contributed by atoms with Gasteiger partial charge >= 0.3 is 7.05 Å². The molecule has 2 aliphatic rings. The molecule has 0 amide bonds. The number of hydrogen-bond acceptors (Lipinski definition) is 7. The highest BCUT2D eigenvalue weighted by molar-refractivity contribution is 6.45. The van der Waals surface area contributed by atoms with Crippen LogP contribution in [0.3, 0.4) is 0 Å². The first-order chi connectivity index (χ1) is 11.7. The monoisotopic (exact) mass is 325 g/mol. The van der Waals surface area contributed by atoms with E-state index in [-0.39, 0.29) is 6.04 Å². The molecule has 2 aromatic rings. The Morgan fingerprint density at radius 3 is 2.88 bits per heavy atom. The van der Waals surface area contributed by atoms with Crippen LogP contribution in [-0.4, -0.2) is 58.1 Å². The second-order valence-corrected chi connectivity index (χ2v) is 6.14. The minimum Gasteiger partial charge on any atom is -0.432 e. The summed E-state index contributed by atoms with van der Waals surface area (Å²) in [4.78, 5) is 17.9. The average molecular weight is 325 g/mol. The van der Waals surface area contributed by atoms with E-state index in [1.165, 1.54) is 0 Å². The molecule has 24 heavy (non-hydrogen) atoms. The first-order valence-corrected chi connectivity index (χ1v) is 8.29. The molecule has 1 fully saturated rings. The van der Waals surface area contributed by atoms with Crippen molar-refractivity contribution in [2.24, 2.45) is 0 Å². The summed E-state index contributed by atoms with van der Waals surface area (Å²) >= 11 is 0. The predicted octanol–water partition coefficient (Wildman–Crippen LogP) is 1.23. The van der Waals surface area contributed by atoms with Crippen LogP contribution < -0.4 is 4.90 Å². The number of aromatic nitrogens is 3. The SMILES string of the molecule is CB(O)N1C=CCC1c1cncc2ncc(N3CCOCC3)nc12. The zero-order chi connectivity index (χ0) is 16.5. The summed E-state index contributed by atoms with van der Waals surface area (Å²) in [6.07, 6.45) is 10.2. The van der Waals surface area contributed by atoms with Gasteiger partial charge < -0.3 is 19.5 Å². The Morgan fingerprint density at radius 1 is 1.25 bits per heavy atom. The molecule has 7 nitrogen and oxygen atoms in total. The molecule has 1 saturated heterocycles. The van der Waals surface area contributed by atoms with Crippen molar-refractivity contribution >= 4 is 23.9 Å². The smallest absolute Gasteiger partial charge is 0.409 e. The standard InChI is InChI=1S/C16H20BN5O2/c1-17(23)22-4-2-3-14(22)12-9-18-10-13-16(12)20-15(11-19-13)21-5-7-24-8-6-21/h2,4,9-11,14,23H,3,5-8H2,1H3. The molecule has 0 spiro atoms. The molecule has 2 aromatic heterocycles. The molecule has 1 unspecified atom stereocenters. The van der Waals surface area contributed by atoms with Crippen LogP contribution in [0.2, 0.25) is 6.82 Å². The van der Waals surface area contributed by atoms with Gasteiger partial charge in [-0.3, -0.25) is 4.98 Å². The van der Waals surface area contributed by atoms with E-state index in [2.05, 4.69) is 20.9 Å². The van der Waals surface area contributed by atoms with E-state index in [1.807, 2.05) is 17.2 Å². The Morgan fingerprint density at radius 2 is 2.08 bits per heavy atom. The Kier molecular flexibility index (Phi) is 4.07. The maximum Gasteiger partial charge on any atom is 0.409 e. The molecule has 8 heteroatoms. The molecule has 0 saturated carbocycles. The third kappa shape index (κ3) is 2.72. The number of hydrogen-bond donors (Lipinski definition) is 1. The van der Waals surface area contributed by atoms with Crippen molar-refractivity contribution in [1.29, 1.82) is 0 Å². The van der Waals surface area contributed by atoms with Gasteiger partial charge in [0.1, 0.15) is 11.3 Å². The molecule has 0 bridgehead atoms. The van der Waals surface area contributed by atoms with Crippen LogP contribution in [0.1, 0.15) is 18.0 Å². The number of anilines is 1. The van der Waals surface area contributed by atoms with Crippen molar-refractivity contribution in [3.05, 3.63) is 36.4 Å². The normalized spacial score (nSPS) is 20.8. The van der Waals surface area contributed by atoms with Crippen molar-refractivity contribution in [1.82, 2.24) is 19.8 Å². The summed E-state index contributed by atoms with van der Waals surface area (Å²) in [5.41, 5.74) is 2.64. The Bertz CT molecular complexity index is 763. The number of fused-ring (bicyclic) bond motifs is 1. The van der Waals surface area contributed by atoms with Gasteiger partial charge in [-0.25, -0.2) is 9.97 Å². The molecular formula is C16H20BN5O2. The fourth-order valence-electron chi connectivity index (χ4n) is 3.34. The van der Waals surface area contributed by atoms with Gasteiger partial charge in [0.2, 0.25) is 0 Å². The Balaban J connectivity index is 1.75. The summed E-state index contributed by atoms with van der Waals surface area (Å²) in [6.45, 7) is 4.85. The highest BCUT2D eigenvalue weighted by atomic mass is 16.5. The van der Waals surface area contributed by atoms with E-state index >= 15 is 0 Å². The molecule has 0 radical (unpaired) electrons. The summed E-state index contributed by atoms with van der Waals surface area (Å²) in [7, 11) is -0.556. The van der Waals surface area contributed by atoms with Crippen LogP contribution in [0.5, 0.6) is 0 Å². The van der Waals surface area contributed by atoms with Crippen LogP contribution in [-0.2, 0) is 4.74 Å². The number of pyridine rings is 1. The van der Waals surface area contributed by atoms with Crippen LogP contribution in [0.4, 0.5) is 5.82 Å². The maximum absolute atomic E-state index is 10.0. The second kappa shape index (κ2) is 6.37. The minimum atomic E-state index is -0.556. The number of nitrogens with zero attached hydrogens (tertiary/aromatic N) is 5. The van der Waals surface area contributed by atoms with Gasteiger partial charge in [-0.15, -0.1) is 0 Å². The van der Waals surface area contributed by atoms with Crippen molar-refractivity contribution in [3.8, 4) is 0 Å². The van der Waals surface area contributed by atoms with Gasteiger partial charge in [-0.2, -0.15) is 0 Å². The highest BCUT2D eigenvalue weighted by Gasteiger charge is 2.29. The van der Waals surface area contributed by atoms with Gasteiger partial charge in [0.05, 0.1) is 37.2 Å². The quantitative estimate of drug-likeness (QED) is 0.851. The maximum atomic E-state index is 10.0. The van der Waals surface area contributed by atoms with Gasteiger partial charge in [0.25, 0.3) is 0 Å². The van der Waals surface area contributed by atoms with Gasteiger partial charge in [0, 0.05) is 24.8 Å². The van der Waals surface area contributed by atoms with Crippen LogP contribution in [0, 0.1) is 0 Å². The van der Waals surface area contributed by atoms with Gasteiger partial charge in [-0.1, -0.05) is 6.08 Å². The fourth-order valence-corrected chi connectivity index (χ4v) is 3.34. The molecule has 1 N–H and O–H groups in total. The molecule has 4 rings (SSSR count). The lowest BCUT2D eigenvalue weighted by Crippen LogP contribution is -2.37. The topological polar surface area (TPSA) is 74.6 Å². The highest BCUT2D eigenvalue weighted by Crippen LogP contribution is 2.33. The van der Waals surface area contributed by atoms with E-state index in [9.17, 15) is 5.02 Å². The third-order valence-corrected chi connectivity index (χ3v) is 4.59. The summed E-state index contributed by atoms with van der Waals surface area (Å²) in [5, 5.41) is 10.0. The summed E-state index contributed by atoms with van der Waals surface area (Å²) in [6, 6.07) is 0.0374. The number of ether oxygens (including phenoxy) is 1. The second-order valence-electron chi connectivity index (χ2n) is 6.14. The zero-order valence-corrected chi connectivity index (χ0v) is 13.7. The van der Waals surface area contributed by atoms with Crippen molar-refractivity contribution < 1.29 is 9.76 Å². The predicted molar refractivity (Wildman–Crippen MR) is 92.5 cm³/mol. The van der Waals surface area contributed by atoms with E-state index in [0.29, 0.717) is 13.2 Å². The van der Waals surface area contributed by atoms with Crippen molar-refractivity contribution in [3.63, 3.8) is 0 Å². The Labute approximate surface area is 141 Å². The molecule has 1 atom stereocenters. The lowest BCUT2D eigenvalue weighted by Gasteiger charge is -2.29. The molecule has 2 aliphatic heterocycles. The number of morpholine rings is 1. The average Bonchev–Trinajstić information content (AvgIpc) is 3.11.